The SMILES string of the molecule is CCCCc1ccc(NCN2C(=O)SC(=Cc3ccccc3O)C2=O)cc1. The van der Waals surface area contributed by atoms with Gasteiger partial charge in [-0.2, -0.15) is 0 Å². The number of hydrogen-bond donors (Lipinski definition) is 2. The second kappa shape index (κ2) is 8.77. The average molecular weight is 382 g/mol. The van der Waals surface area contributed by atoms with Gasteiger partial charge in [0.05, 0.1) is 11.6 Å². The summed E-state index contributed by atoms with van der Waals surface area (Å²) >= 11 is 0.879. The summed E-state index contributed by atoms with van der Waals surface area (Å²) in [6, 6.07) is 14.7. The largest absolute Gasteiger partial charge is 0.507 e. The molecule has 2 amide bonds. The fraction of sp³-hybridized carbons (Fsp3) is 0.238. The number of aromatic hydroxyl groups is 1. The summed E-state index contributed by atoms with van der Waals surface area (Å²) in [5.41, 5.74) is 2.65. The van der Waals surface area contributed by atoms with Gasteiger partial charge in [-0.05, 0) is 54.4 Å². The Hall–Kier alpha value is -2.73. The molecule has 140 valence electrons. The minimum absolute atomic E-state index is 0.0746. The normalized spacial score (nSPS) is 15.6. The van der Waals surface area contributed by atoms with E-state index in [9.17, 15) is 14.7 Å². The number of para-hydroxylation sites is 1. The molecule has 0 saturated carbocycles. The summed E-state index contributed by atoms with van der Waals surface area (Å²) in [5.74, 6) is -0.286. The van der Waals surface area contributed by atoms with Gasteiger partial charge in [-0.15, -0.1) is 0 Å². The lowest BCUT2D eigenvalue weighted by Crippen LogP contribution is -2.33. The third-order valence-electron chi connectivity index (χ3n) is 4.31. The minimum atomic E-state index is -0.361. The highest BCUT2D eigenvalue weighted by atomic mass is 32.2. The molecule has 2 aromatic carbocycles. The van der Waals surface area contributed by atoms with Crippen LogP contribution >= 0.6 is 11.8 Å². The van der Waals surface area contributed by atoms with Crippen molar-refractivity contribution in [2.45, 2.75) is 26.2 Å². The zero-order valence-electron chi connectivity index (χ0n) is 15.1. The van der Waals surface area contributed by atoms with Crippen LogP contribution in [0.15, 0.2) is 53.4 Å². The van der Waals surface area contributed by atoms with Gasteiger partial charge in [0.1, 0.15) is 5.75 Å². The summed E-state index contributed by atoms with van der Waals surface area (Å²) in [6.45, 7) is 2.27. The van der Waals surface area contributed by atoms with Crippen LogP contribution < -0.4 is 5.32 Å². The molecule has 0 spiro atoms. The van der Waals surface area contributed by atoms with Gasteiger partial charge in [0.25, 0.3) is 11.1 Å². The van der Waals surface area contributed by atoms with Crippen LogP contribution in [0.25, 0.3) is 6.08 Å². The lowest BCUT2D eigenvalue weighted by Gasteiger charge is -2.14. The van der Waals surface area contributed by atoms with Crippen molar-refractivity contribution in [3.05, 3.63) is 64.6 Å². The van der Waals surface area contributed by atoms with Crippen molar-refractivity contribution in [2.24, 2.45) is 0 Å². The van der Waals surface area contributed by atoms with Gasteiger partial charge in [0.15, 0.2) is 0 Å². The van der Waals surface area contributed by atoms with Gasteiger partial charge in [-0.25, -0.2) is 0 Å². The first kappa shape index (κ1) is 19.0. The van der Waals surface area contributed by atoms with Crippen molar-refractivity contribution >= 4 is 34.7 Å². The van der Waals surface area contributed by atoms with Crippen LogP contribution in [-0.4, -0.2) is 27.8 Å². The van der Waals surface area contributed by atoms with Gasteiger partial charge >= 0.3 is 0 Å². The van der Waals surface area contributed by atoms with Gasteiger partial charge < -0.3 is 10.4 Å². The molecule has 0 bridgehead atoms. The van der Waals surface area contributed by atoms with Crippen LogP contribution in [0.1, 0.15) is 30.9 Å². The molecule has 6 heteroatoms. The highest BCUT2D eigenvalue weighted by molar-refractivity contribution is 8.18. The number of nitrogens with zero attached hydrogens (tertiary/aromatic N) is 1. The lowest BCUT2D eigenvalue weighted by molar-refractivity contribution is -0.122. The molecule has 0 aromatic heterocycles. The molecule has 1 aliphatic rings. The molecule has 2 aromatic rings. The third kappa shape index (κ3) is 4.71. The van der Waals surface area contributed by atoms with E-state index in [2.05, 4.69) is 24.4 Å². The second-order valence-electron chi connectivity index (χ2n) is 6.30. The molecule has 1 aliphatic heterocycles. The quantitative estimate of drug-likeness (QED) is 0.671. The third-order valence-corrected chi connectivity index (χ3v) is 5.22. The van der Waals surface area contributed by atoms with Crippen LogP contribution in [-0.2, 0) is 11.2 Å². The number of aryl methyl sites for hydroxylation is 1. The van der Waals surface area contributed by atoms with Crippen molar-refractivity contribution < 1.29 is 14.7 Å². The maximum absolute atomic E-state index is 12.5. The number of hydrogen-bond acceptors (Lipinski definition) is 5. The number of carbonyl (C=O) groups excluding carboxylic acids is 2. The molecule has 0 unspecified atom stereocenters. The number of imide groups is 1. The number of unbranched alkanes of at least 4 members (excludes halogenated alkanes) is 1. The van der Waals surface area contributed by atoms with E-state index in [1.54, 1.807) is 30.3 Å². The summed E-state index contributed by atoms with van der Waals surface area (Å²) in [7, 11) is 0. The van der Waals surface area contributed by atoms with E-state index >= 15 is 0 Å². The van der Waals surface area contributed by atoms with E-state index in [1.807, 2.05) is 12.1 Å². The summed E-state index contributed by atoms with van der Waals surface area (Å²) in [4.78, 5) is 26.2. The molecule has 1 heterocycles. The van der Waals surface area contributed by atoms with Gasteiger partial charge in [-0.3, -0.25) is 14.5 Å². The van der Waals surface area contributed by atoms with E-state index in [4.69, 9.17) is 0 Å². The topological polar surface area (TPSA) is 69.6 Å². The van der Waals surface area contributed by atoms with Crippen LogP contribution in [0.3, 0.4) is 0 Å². The Morgan fingerprint density at radius 3 is 2.56 bits per heavy atom. The standard InChI is InChI=1S/C21H22N2O3S/c1-2-3-6-15-9-11-17(12-10-15)22-14-23-20(25)19(27-21(23)26)13-16-7-4-5-8-18(16)24/h4-5,7-13,22,24H,2-3,6,14H2,1H3. The molecule has 0 aliphatic carbocycles. The van der Waals surface area contributed by atoms with Crippen molar-refractivity contribution in [1.82, 2.24) is 4.90 Å². The maximum Gasteiger partial charge on any atom is 0.295 e. The predicted octanol–water partition coefficient (Wildman–Crippen LogP) is 4.84. The first-order valence-corrected chi connectivity index (χ1v) is 9.76. The molecule has 0 radical (unpaired) electrons. The number of anilines is 1. The van der Waals surface area contributed by atoms with E-state index in [-0.39, 0.29) is 23.6 Å². The van der Waals surface area contributed by atoms with Crippen molar-refractivity contribution in [1.29, 1.82) is 0 Å². The number of benzene rings is 2. The number of rotatable bonds is 7. The highest BCUT2D eigenvalue weighted by Crippen LogP contribution is 2.33. The van der Waals surface area contributed by atoms with E-state index < -0.39 is 0 Å². The van der Waals surface area contributed by atoms with E-state index in [1.165, 1.54) is 10.5 Å². The molecule has 0 atom stereocenters. The summed E-state index contributed by atoms with van der Waals surface area (Å²) in [6.07, 6.45) is 4.92. The first-order valence-electron chi connectivity index (χ1n) is 8.94. The molecule has 2 N–H and O–H groups in total. The number of phenols is 1. The zero-order valence-corrected chi connectivity index (χ0v) is 16.0. The number of thioether (sulfide) groups is 1. The fourth-order valence-corrected chi connectivity index (χ4v) is 3.56. The number of nitrogens with one attached hydrogen (secondary N) is 1. The Morgan fingerprint density at radius 2 is 1.85 bits per heavy atom. The Kier molecular flexibility index (Phi) is 6.19. The summed E-state index contributed by atoms with van der Waals surface area (Å²) in [5, 5.41) is 12.6. The smallest absolute Gasteiger partial charge is 0.295 e. The highest BCUT2D eigenvalue weighted by Gasteiger charge is 2.34. The van der Waals surface area contributed by atoms with E-state index in [0.29, 0.717) is 10.5 Å². The number of amides is 2. The molecular formula is C21H22N2O3S. The monoisotopic (exact) mass is 382 g/mol. The molecule has 5 nitrogen and oxygen atoms in total. The lowest BCUT2D eigenvalue weighted by atomic mass is 10.1. The van der Waals surface area contributed by atoms with Gasteiger partial charge in [0.2, 0.25) is 0 Å². The van der Waals surface area contributed by atoms with Crippen molar-refractivity contribution in [3.8, 4) is 5.75 Å². The minimum Gasteiger partial charge on any atom is -0.507 e. The van der Waals surface area contributed by atoms with E-state index in [0.717, 1.165) is 36.7 Å². The molecule has 3 rings (SSSR count). The van der Waals surface area contributed by atoms with Crippen molar-refractivity contribution in [2.75, 3.05) is 12.0 Å². The number of phenolic OH excluding ortho intramolecular Hbond substituents is 1. The number of carbonyl (C=O) groups is 2. The molecule has 1 fully saturated rings. The Bertz CT molecular complexity index is 862. The maximum atomic E-state index is 12.5. The Morgan fingerprint density at radius 1 is 1.11 bits per heavy atom. The van der Waals surface area contributed by atoms with Crippen LogP contribution in [0.5, 0.6) is 5.75 Å². The Balaban J connectivity index is 1.63. The molecular weight excluding hydrogens is 360 g/mol. The van der Waals surface area contributed by atoms with Crippen molar-refractivity contribution in [3.63, 3.8) is 0 Å². The summed E-state index contributed by atoms with van der Waals surface area (Å²) < 4.78 is 0. The Labute approximate surface area is 163 Å². The van der Waals surface area contributed by atoms with Gasteiger partial charge in [-0.1, -0.05) is 43.7 Å². The fourth-order valence-electron chi connectivity index (χ4n) is 2.73. The first-order chi connectivity index (χ1) is 13.1. The predicted molar refractivity (Wildman–Crippen MR) is 109 cm³/mol. The average Bonchev–Trinajstić information content (AvgIpc) is 2.94. The van der Waals surface area contributed by atoms with Crippen LogP contribution in [0.4, 0.5) is 10.5 Å². The van der Waals surface area contributed by atoms with Gasteiger partial charge in [0, 0.05) is 11.3 Å². The molecule has 27 heavy (non-hydrogen) atoms. The molecule has 1 saturated heterocycles. The second-order valence-corrected chi connectivity index (χ2v) is 7.30. The van der Waals surface area contributed by atoms with Crippen LogP contribution in [0, 0.1) is 0 Å². The van der Waals surface area contributed by atoms with Crippen LogP contribution in [0.2, 0.25) is 0 Å². The zero-order chi connectivity index (χ0) is 19.2.